The van der Waals surface area contributed by atoms with Crippen LogP contribution in [0.4, 0.5) is 0 Å². The summed E-state index contributed by atoms with van der Waals surface area (Å²) in [7, 11) is 0. The third-order valence-electron chi connectivity index (χ3n) is 5.21. The maximum Gasteiger partial charge on any atom is 0.343 e. The lowest BCUT2D eigenvalue weighted by Crippen LogP contribution is -2.08. The lowest BCUT2D eigenvalue weighted by Gasteiger charge is -2.07. The first-order valence-corrected chi connectivity index (χ1v) is 10.6. The van der Waals surface area contributed by atoms with Crippen LogP contribution in [0.5, 0.6) is 5.75 Å². The van der Waals surface area contributed by atoms with E-state index in [9.17, 15) is 4.79 Å². The molecule has 0 saturated heterocycles. The van der Waals surface area contributed by atoms with Crippen molar-refractivity contribution in [3.8, 4) is 16.9 Å². The Labute approximate surface area is 174 Å². The molecule has 0 aliphatic rings. The summed E-state index contributed by atoms with van der Waals surface area (Å²) in [6, 6.07) is 23.8. The Balaban J connectivity index is 1.53. The molecule has 0 fully saturated rings. The van der Waals surface area contributed by atoms with E-state index in [1.807, 2.05) is 48.5 Å². The highest BCUT2D eigenvalue weighted by molar-refractivity contribution is 5.91. The summed E-state index contributed by atoms with van der Waals surface area (Å²) in [5.41, 5.74) is 5.36. The van der Waals surface area contributed by atoms with Gasteiger partial charge in [-0.3, -0.25) is 0 Å². The molecule has 3 aromatic carbocycles. The van der Waals surface area contributed by atoms with Gasteiger partial charge in [-0.2, -0.15) is 0 Å². The topological polar surface area (TPSA) is 26.3 Å². The van der Waals surface area contributed by atoms with Gasteiger partial charge in [-0.25, -0.2) is 4.79 Å². The van der Waals surface area contributed by atoms with Crippen LogP contribution in [0, 0.1) is 6.92 Å². The van der Waals surface area contributed by atoms with Gasteiger partial charge >= 0.3 is 5.97 Å². The monoisotopic (exact) mass is 386 g/mol. The van der Waals surface area contributed by atoms with E-state index in [0.29, 0.717) is 11.3 Å². The van der Waals surface area contributed by atoms with Gasteiger partial charge < -0.3 is 4.74 Å². The molecule has 0 aliphatic carbocycles. The van der Waals surface area contributed by atoms with E-state index in [1.165, 1.54) is 43.2 Å². The number of benzene rings is 3. The van der Waals surface area contributed by atoms with Crippen molar-refractivity contribution in [3.05, 3.63) is 89.5 Å². The van der Waals surface area contributed by atoms with E-state index < -0.39 is 0 Å². The van der Waals surface area contributed by atoms with Gasteiger partial charge in [-0.1, -0.05) is 86.7 Å². The molecular formula is C27H30O2. The largest absolute Gasteiger partial charge is 0.423 e. The van der Waals surface area contributed by atoms with Gasteiger partial charge in [0.05, 0.1) is 5.56 Å². The summed E-state index contributed by atoms with van der Waals surface area (Å²) in [4.78, 5) is 12.4. The highest BCUT2D eigenvalue weighted by atomic mass is 16.5. The molecule has 0 N–H and O–H groups in total. The fourth-order valence-electron chi connectivity index (χ4n) is 3.37. The van der Waals surface area contributed by atoms with Crippen LogP contribution in [0.25, 0.3) is 11.1 Å². The van der Waals surface area contributed by atoms with Crippen molar-refractivity contribution in [3.63, 3.8) is 0 Å². The molecule has 0 spiro atoms. The van der Waals surface area contributed by atoms with Gasteiger partial charge in [0.2, 0.25) is 0 Å². The zero-order valence-electron chi connectivity index (χ0n) is 17.5. The van der Waals surface area contributed by atoms with Crippen molar-refractivity contribution >= 4 is 5.97 Å². The smallest absolute Gasteiger partial charge is 0.343 e. The summed E-state index contributed by atoms with van der Waals surface area (Å²) >= 11 is 0. The maximum absolute atomic E-state index is 12.4. The first kappa shape index (κ1) is 20.9. The second-order valence-electron chi connectivity index (χ2n) is 7.64. The molecule has 0 atom stereocenters. The van der Waals surface area contributed by atoms with Crippen LogP contribution in [-0.2, 0) is 6.42 Å². The molecule has 0 bridgehead atoms. The van der Waals surface area contributed by atoms with Gasteiger partial charge in [0.25, 0.3) is 0 Å². The van der Waals surface area contributed by atoms with Crippen LogP contribution in [-0.4, -0.2) is 5.97 Å². The molecule has 0 unspecified atom stereocenters. The fraction of sp³-hybridized carbons (Fsp3) is 0.296. The number of ether oxygens (including phenoxy) is 1. The third-order valence-corrected chi connectivity index (χ3v) is 5.21. The number of aryl methyl sites for hydroxylation is 2. The standard InChI is InChI=1S/C27H30O2/c1-3-4-5-6-7-8-22-11-15-25(16-12-22)27(28)29-26-19-17-24(18-20-26)23-13-9-21(2)10-14-23/h9-20H,3-8H2,1-2H3. The van der Waals surface area contributed by atoms with Crippen molar-refractivity contribution in [1.82, 2.24) is 0 Å². The van der Waals surface area contributed by atoms with Crippen molar-refractivity contribution in [2.75, 3.05) is 0 Å². The van der Waals surface area contributed by atoms with E-state index in [1.54, 1.807) is 0 Å². The van der Waals surface area contributed by atoms with E-state index in [0.717, 1.165) is 17.5 Å². The lowest BCUT2D eigenvalue weighted by atomic mass is 10.0. The molecule has 3 rings (SSSR count). The van der Waals surface area contributed by atoms with Crippen LogP contribution in [0.3, 0.4) is 0 Å². The Morgan fingerprint density at radius 2 is 1.31 bits per heavy atom. The first-order chi connectivity index (χ1) is 14.2. The van der Waals surface area contributed by atoms with Gasteiger partial charge in [-0.05, 0) is 60.7 Å². The Morgan fingerprint density at radius 3 is 1.93 bits per heavy atom. The second-order valence-corrected chi connectivity index (χ2v) is 7.64. The predicted octanol–water partition coefficient (Wildman–Crippen LogP) is 7.39. The van der Waals surface area contributed by atoms with E-state index in [2.05, 4.69) is 38.1 Å². The number of esters is 1. The number of rotatable bonds is 9. The maximum atomic E-state index is 12.4. The van der Waals surface area contributed by atoms with Crippen molar-refractivity contribution in [2.24, 2.45) is 0 Å². The summed E-state index contributed by atoms with van der Waals surface area (Å²) < 4.78 is 5.54. The molecule has 0 saturated carbocycles. The average molecular weight is 387 g/mol. The molecule has 0 amide bonds. The number of carbonyl (C=O) groups is 1. The summed E-state index contributed by atoms with van der Waals surface area (Å²) in [5.74, 6) is 0.244. The summed E-state index contributed by atoms with van der Waals surface area (Å²) in [6.07, 6.45) is 7.44. The number of hydrogen-bond acceptors (Lipinski definition) is 2. The molecule has 29 heavy (non-hydrogen) atoms. The van der Waals surface area contributed by atoms with Crippen LogP contribution in [0.15, 0.2) is 72.8 Å². The second kappa shape index (κ2) is 10.6. The van der Waals surface area contributed by atoms with E-state index >= 15 is 0 Å². The fourth-order valence-corrected chi connectivity index (χ4v) is 3.37. The summed E-state index contributed by atoms with van der Waals surface area (Å²) in [6.45, 7) is 4.31. The number of carbonyl (C=O) groups excluding carboxylic acids is 1. The highest BCUT2D eigenvalue weighted by Crippen LogP contribution is 2.23. The highest BCUT2D eigenvalue weighted by Gasteiger charge is 2.09. The van der Waals surface area contributed by atoms with Crippen LogP contribution >= 0.6 is 0 Å². The lowest BCUT2D eigenvalue weighted by molar-refractivity contribution is 0.0735. The Hall–Kier alpha value is -2.87. The van der Waals surface area contributed by atoms with Crippen molar-refractivity contribution in [2.45, 2.75) is 52.4 Å². The van der Waals surface area contributed by atoms with E-state index in [4.69, 9.17) is 4.74 Å². The SMILES string of the molecule is CCCCCCCc1ccc(C(=O)Oc2ccc(-c3ccc(C)cc3)cc2)cc1. The Morgan fingerprint density at radius 1 is 0.724 bits per heavy atom. The Bertz CT molecular complexity index is 891. The third kappa shape index (κ3) is 6.32. The van der Waals surface area contributed by atoms with Crippen LogP contribution < -0.4 is 4.74 Å². The van der Waals surface area contributed by atoms with Gasteiger partial charge in [-0.15, -0.1) is 0 Å². The molecule has 0 radical (unpaired) electrons. The minimum absolute atomic E-state index is 0.317. The van der Waals surface area contributed by atoms with Crippen LogP contribution in [0.1, 0.15) is 60.5 Å². The zero-order valence-corrected chi connectivity index (χ0v) is 17.5. The first-order valence-electron chi connectivity index (χ1n) is 10.6. The van der Waals surface area contributed by atoms with Gasteiger partial charge in [0, 0.05) is 0 Å². The zero-order chi connectivity index (χ0) is 20.5. The molecule has 2 nitrogen and oxygen atoms in total. The Kier molecular flexibility index (Phi) is 7.63. The quantitative estimate of drug-likeness (QED) is 0.218. The molecule has 3 aromatic rings. The normalized spacial score (nSPS) is 10.7. The minimum atomic E-state index is -0.317. The minimum Gasteiger partial charge on any atom is -0.423 e. The summed E-state index contributed by atoms with van der Waals surface area (Å²) in [5, 5.41) is 0. The predicted molar refractivity (Wildman–Crippen MR) is 120 cm³/mol. The average Bonchev–Trinajstić information content (AvgIpc) is 2.75. The molecule has 0 heterocycles. The van der Waals surface area contributed by atoms with Crippen molar-refractivity contribution < 1.29 is 9.53 Å². The van der Waals surface area contributed by atoms with Gasteiger partial charge in [0.1, 0.15) is 5.75 Å². The van der Waals surface area contributed by atoms with Crippen LogP contribution in [0.2, 0.25) is 0 Å². The molecule has 0 aromatic heterocycles. The number of unbranched alkanes of at least 4 members (excludes halogenated alkanes) is 4. The van der Waals surface area contributed by atoms with Gasteiger partial charge in [0.15, 0.2) is 0 Å². The molecular weight excluding hydrogens is 356 g/mol. The number of hydrogen-bond donors (Lipinski definition) is 0. The van der Waals surface area contributed by atoms with Crippen molar-refractivity contribution in [1.29, 1.82) is 0 Å². The molecule has 2 heteroatoms. The molecule has 150 valence electrons. The van der Waals surface area contributed by atoms with E-state index in [-0.39, 0.29) is 5.97 Å². The molecule has 0 aliphatic heterocycles.